The summed E-state index contributed by atoms with van der Waals surface area (Å²) in [6.45, 7) is 1.98. The maximum atomic E-state index is 12.4. The molecule has 0 spiro atoms. The van der Waals surface area contributed by atoms with Crippen LogP contribution in [0.3, 0.4) is 0 Å². The molecule has 5 N–H and O–H groups in total. The number of pyridine rings is 4. The Balaban J connectivity index is -0.000000829. The molecule has 31 heteroatoms. The first-order valence-corrected chi connectivity index (χ1v) is 20.3. The molecule has 9 aromatic rings. The van der Waals surface area contributed by atoms with E-state index in [-0.39, 0.29) is 116 Å². The van der Waals surface area contributed by atoms with Crippen molar-refractivity contribution in [3.8, 4) is 0 Å². The van der Waals surface area contributed by atoms with Crippen molar-refractivity contribution in [1.29, 1.82) is 0 Å². The molecule has 0 atom stereocenters. The van der Waals surface area contributed by atoms with Crippen LogP contribution < -0.4 is 30.3 Å². The Hall–Kier alpha value is -4.88. The molecule has 0 bridgehead atoms. The monoisotopic (exact) mass is 1130 g/mol. The number of benzene rings is 1. The van der Waals surface area contributed by atoms with Gasteiger partial charge in [-0.2, -0.15) is 49.2 Å². The van der Waals surface area contributed by atoms with E-state index in [1.165, 1.54) is 10.9 Å². The van der Waals surface area contributed by atoms with Crippen LogP contribution in [0.15, 0.2) is 73.4 Å². The number of carbonyl (C=O) groups excluding carboxylic acids is 7. The molecule has 9 rings (SSSR count). The number of aryl methyl sites for hydroxylation is 5. The van der Waals surface area contributed by atoms with Crippen LogP contribution in [0.2, 0.25) is 35.5 Å². The van der Waals surface area contributed by atoms with E-state index >= 15 is 0 Å². The zero-order valence-electron chi connectivity index (χ0n) is 36.8. The second-order valence-corrected chi connectivity index (χ2v) is 15.0. The molecule has 8 aromatic heterocycles. The van der Waals surface area contributed by atoms with Crippen molar-refractivity contribution in [3.63, 3.8) is 0 Å². The Labute approximate surface area is 479 Å². The summed E-state index contributed by atoms with van der Waals surface area (Å²) in [4.78, 5) is 77.6. The van der Waals surface area contributed by atoms with Crippen LogP contribution in [-0.2, 0) is 57.0 Å². The fraction of sp³-hybridized carbons (Fsp3) is 0.150. The third-order valence-electron chi connectivity index (χ3n) is 8.14. The van der Waals surface area contributed by atoms with Crippen molar-refractivity contribution in [3.05, 3.63) is 120 Å². The predicted molar refractivity (Wildman–Crippen MR) is 257 cm³/mol. The summed E-state index contributed by atoms with van der Waals surface area (Å²) < 4.78 is 6.42. The Kier molecular flexibility index (Phi) is 34.2. The van der Waals surface area contributed by atoms with Crippen molar-refractivity contribution in [2.75, 3.05) is 5.32 Å². The maximum absolute atomic E-state index is 12.4. The zero-order valence-corrected chi connectivity index (χ0v) is 42.8. The van der Waals surface area contributed by atoms with Crippen LogP contribution in [-0.4, -0.2) is 88.9 Å². The molecule has 0 aliphatic carbocycles. The fourth-order valence-corrected chi connectivity index (χ4v) is 7.33. The van der Waals surface area contributed by atoms with Crippen LogP contribution in [0.1, 0.15) is 23.3 Å². The number of fused-ring (bicyclic) bond motifs is 4. The number of halogens is 7. The summed E-state index contributed by atoms with van der Waals surface area (Å²) in [7, 11) is 7.10. The molecule has 71 heavy (non-hydrogen) atoms. The van der Waals surface area contributed by atoms with Crippen LogP contribution in [0.4, 0.5) is 5.69 Å². The number of hydrogen-bond acceptors (Lipinski definition) is 17. The van der Waals surface area contributed by atoms with E-state index in [4.69, 9.17) is 110 Å². The summed E-state index contributed by atoms with van der Waals surface area (Å²) >= 11 is 41.7. The van der Waals surface area contributed by atoms with E-state index in [1.54, 1.807) is 78.2 Å². The van der Waals surface area contributed by atoms with Gasteiger partial charge in [0.15, 0.2) is 38.0 Å². The van der Waals surface area contributed by atoms with Crippen molar-refractivity contribution >= 4 is 155 Å². The Morgan fingerprint density at radius 1 is 0.549 bits per heavy atom. The van der Waals surface area contributed by atoms with Crippen molar-refractivity contribution in [1.82, 2.24) is 65.2 Å². The van der Waals surface area contributed by atoms with Gasteiger partial charge in [-0.1, -0.05) is 106 Å². The van der Waals surface area contributed by atoms with Gasteiger partial charge in [-0.05, 0) is 37.3 Å². The number of aromatic nitrogens is 12. The van der Waals surface area contributed by atoms with Gasteiger partial charge >= 0.3 is 37.3 Å². The molecule has 1 amide bonds. The first kappa shape index (κ1) is 70.4. The Morgan fingerprint density at radius 2 is 0.915 bits per heavy atom. The number of nitrogens with zero attached hydrogens (tertiary/aromatic N) is 12. The number of hydrogen-bond donors (Lipinski definition) is 2. The molecule has 0 aliphatic rings. The molecule has 0 aliphatic heterocycles. The minimum Gasteiger partial charge on any atom is -0.870 e. The normalized spacial score (nSPS) is 9.07. The number of rotatable bonds is 2. The van der Waals surface area contributed by atoms with Gasteiger partial charge < -0.3 is 16.9 Å². The van der Waals surface area contributed by atoms with Gasteiger partial charge in [0.05, 0.1) is 53.4 Å². The van der Waals surface area contributed by atoms with Crippen LogP contribution in [0.25, 0.3) is 44.1 Å². The summed E-state index contributed by atoms with van der Waals surface area (Å²) in [5.41, 5.74) is 4.80. The van der Waals surface area contributed by atoms with E-state index in [0.29, 0.717) is 64.2 Å². The molecule has 0 radical (unpaired) electrons. The van der Waals surface area contributed by atoms with E-state index in [0.717, 1.165) is 16.6 Å². The summed E-state index contributed by atoms with van der Waals surface area (Å²) in [6.07, 6.45) is 8.81. The van der Waals surface area contributed by atoms with Crippen LogP contribution >= 0.6 is 81.2 Å². The maximum Gasteiger partial charge on any atom is 1.00 e. The molecular formula is C40H36ArCl7LiN14O8. The van der Waals surface area contributed by atoms with Crippen molar-refractivity contribution in [2.24, 2.45) is 28.2 Å². The third-order valence-corrected chi connectivity index (χ3v) is 10.3. The van der Waals surface area contributed by atoms with Crippen molar-refractivity contribution in [2.45, 2.75) is 14.4 Å². The summed E-state index contributed by atoms with van der Waals surface area (Å²) in [6, 6.07) is 12.6. The second-order valence-electron chi connectivity index (χ2n) is 12.3. The molecule has 8 heterocycles. The van der Waals surface area contributed by atoms with Gasteiger partial charge in [-0.15, -0.1) is 0 Å². The molecule has 0 saturated carbocycles. The van der Waals surface area contributed by atoms with Gasteiger partial charge in [-0.3, -0.25) is 9.48 Å². The average molecular weight is 1140 g/mol. The van der Waals surface area contributed by atoms with Crippen molar-refractivity contribution < 1.29 is 95.6 Å². The summed E-state index contributed by atoms with van der Waals surface area (Å²) in [5.74, 6) is -0.344. The quantitative estimate of drug-likeness (QED) is 0.191. The van der Waals surface area contributed by atoms with Gasteiger partial charge in [0.2, 0.25) is 0 Å². The largest absolute Gasteiger partial charge is 1.00 e. The first-order chi connectivity index (χ1) is 31.4. The van der Waals surface area contributed by atoms with Crippen LogP contribution in [0, 0.1) is 44.7 Å². The van der Waals surface area contributed by atoms with E-state index in [2.05, 4.69) is 45.6 Å². The first-order valence-electron chi connectivity index (χ1n) is 17.6. The average Bonchev–Trinajstić information content (AvgIpc) is 3.99. The van der Waals surface area contributed by atoms with E-state index in [9.17, 15) is 4.79 Å². The van der Waals surface area contributed by atoms with E-state index < -0.39 is 0 Å². The summed E-state index contributed by atoms with van der Waals surface area (Å²) in [5, 5.41) is 24.7. The Bertz CT molecular complexity index is 3140. The Morgan fingerprint density at radius 3 is 1.31 bits per heavy atom. The SMILES string of the molecule is C.Cc1ccc(NC(=O)c2cnc3c(c(Cl)nn3C)c2Cl)cc1.Cn1nc(Cl)c2c(Cl)ccnc21.Cn1nc(Cl)c2c(Cl)ccnc21.Cn1ncc2c(Cl)ccnc21.N.O=C=O.O=C=O.O=C=O.[Ar].[Li+].[OH-]. The van der Waals surface area contributed by atoms with Gasteiger partial charge in [-0.25, -0.2) is 34.0 Å². The van der Waals surface area contributed by atoms with Gasteiger partial charge in [0, 0.05) is 96.4 Å². The molecule has 0 unspecified atom stereocenters. The van der Waals surface area contributed by atoms with Gasteiger partial charge in [0.25, 0.3) is 5.91 Å². The number of amides is 1. The minimum atomic E-state index is -0.344. The fourth-order valence-electron chi connectivity index (χ4n) is 5.33. The second kappa shape index (κ2) is 34.5. The molecule has 1 aromatic carbocycles. The molecule has 0 fully saturated rings. The number of nitrogens with one attached hydrogen (secondary N) is 1. The standard InChI is InChI=1S/C15H12Cl2N4O.2C7H5Cl2N3.C7H6ClN3.3CO2.CH4.Ar.Li.H3N.H2O/c1-8-3-5-9(6-4-8)19-15(22)10-7-18-14-11(12(10)16)13(17)20-21(14)2;2*1-12-7-5(6(9)11-12)4(8)2-3-10-7;1-11-7-5(4-10-11)6(8)2-3-9-7;3*2-1-3;;;;;/h3-7H,1-2H3,(H,19,22);2*2-3H,1H3;2-4H,1H3;;;;1H4;;;1H3;1H2/q;;;;;;;;;+1;;/p-1. The van der Waals surface area contributed by atoms with Crippen LogP contribution in [0.5, 0.6) is 0 Å². The zero-order chi connectivity index (χ0) is 49.2. The predicted octanol–water partition coefficient (Wildman–Crippen LogP) is 5.88. The van der Waals surface area contributed by atoms with E-state index in [1.807, 2.05) is 38.2 Å². The van der Waals surface area contributed by atoms with Gasteiger partial charge in [0.1, 0.15) is 0 Å². The molecule has 0 saturated heterocycles. The minimum absolute atomic E-state index is 0. The smallest absolute Gasteiger partial charge is 0.870 e. The molecule has 22 nitrogen and oxygen atoms in total. The number of anilines is 1. The topological polar surface area (TPSA) is 319 Å². The number of carbonyl (C=O) groups is 1. The third kappa shape index (κ3) is 18.9. The molecular weight excluding hydrogens is 1100 g/mol. The molecule has 372 valence electrons.